The Morgan fingerprint density at radius 1 is 1.17 bits per heavy atom. The summed E-state index contributed by atoms with van der Waals surface area (Å²) >= 11 is 18.0. The lowest BCUT2D eigenvalue weighted by Gasteiger charge is -2.17. The van der Waals surface area contributed by atoms with Gasteiger partial charge in [0.15, 0.2) is 0 Å². The van der Waals surface area contributed by atoms with Gasteiger partial charge in [-0.3, -0.25) is 0 Å². The summed E-state index contributed by atoms with van der Waals surface area (Å²) in [5.74, 6) is -0.393. The summed E-state index contributed by atoms with van der Waals surface area (Å²) in [6.07, 6.45) is 0. The molecule has 6 heteroatoms. The molecule has 3 nitrogen and oxygen atoms in total. The second kappa shape index (κ2) is 7.91. The minimum Gasteiger partial charge on any atom is -0.459 e. The lowest BCUT2D eigenvalue weighted by atomic mass is 10.2. The summed E-state index contributed by atoms with van der Waals surface area (Å²) in [7, 11) is 0. The van der Waals surface area contributed by atoms with Crippen molar-refractivity contribution in [2.24, 2.45) is 0 Å². The summed E-state index contributed by atoms with van der Waals surface area (Å²) in [4.78, 5) is 12.1. The highest BCUT2D eigenvalue weighted by atomic mass is 35.5. The number of nitrogens with one attached hydrogen (secondary N) is 1. The Labute approximate surface area is 150 Å². The Kier molecular flexibility index (Phi) is 6.17. The second-order valence-corrected chi connectivity index (χ2v) is 6.39. The molecule has 0 bridgehead atoms. The van der Waals surface area contributed by atoms with Crippen molar-refractivity contribution in [2.75, 3.05) is 5.32 Å². The average molecular weight is 373 g/mol. The van der Waals surface area contributed by atoms with Crippen LogP contribution in [-0.4, -0.2) is 12.0 Å². The summed E-state index contributed by atoms with van der Waals surface area (Å²) in [6.45, 7) is 3.72. The zero-order valence-electron chi connectivity index (χ0n) is 12.7. The van der Waals surface area contributed by atoms with Crippen molar-refractivity contribution in [1.29, 1.82) is 0 Å². The largest absolute Gasteiger partial charge is 0.459 e. The molecule has 0 fully saturated rings. The number of para-hydroxylation sites is 1. The van der Waals surface area contributed by atoms with Crippen LogP contribution in [0.4, 0.5) is 5.69 Å². The fraction of sp³-hybridized carbons (Fsp3) is 0.235. The third-order valence-corrected chi connectivity index (χ3v) is 4.22. The van der Waals surface area contributed by atoms with Crippen molar-refractivity contribution in [2.45, 2.75) is 26.5 Å². The van der Waals surface area contributed by atoms with Crippen molar-refractivity contribution in [3.8, 4) is 0 Å². The van der Waals surface area contributed by atoms with Crippen molar-refractivity contribution in [3.05, 3.63) is 62.6 Å². The predicted octanol–water partition coefficient (Wildman–Crippen LogP) is 5.50. The Morgan fingerprint density at radius 3 is 2.57 bits per heavy atom. The highest BCUT2D eigenvalue weighted by Gasteiger charge is 2.17. The topological polar surface area (TPSA) is 38.3 Å². The number of halogens is 3. The first kappa shape index (κ1) is 17.9. The number of ether oxygens (including phenoxy) is 1. The highest BCUT2D eigenvalue weighted by Crippen LogP contribution is 2.26. The van der Waals surface area contributed by atoms with Crippen LogP contribution in [0.25, 0.3) is 0 Å². The molecule has 0 aromatic heterocycles. The highest BCUT2D eigenvalue weighted by molar-refractivity contribution is 6.35. The van der Waals surface area contributed by atoms with Crippen LogP contribution >= 0.6 is 34.8 Å². The van der Waals surface area contributed by atoms with Crippen LogP contribution in [0.15, 0.2) is 36.4 Å². The van der Waals surface area contributed by atoms with Gasteiger partial charge in [0.2, 0.25) is 0 Å². The zero-order chi connectivity index (χ0) is 17.0. The smallest absolute Gasteiger partial charge is 0.328 e. The van der Waals surface area contributed by atoms with E-state index in [0.29, 0.717) is 20.6 Å². The number of aryl methyl sites for hydroxylation is 1. The number of carbonyl (C=O) groups is 1. The van der Waals surface area contributed by atoms with Gasteiger partial charge >= 0.3 is 5.97 Å². The molecule has 23 heavy (non-hydrogen) atoms. The second-order valence-electron chi connectivity index (χ2n) is 5.14. The standard InChI is InChI=1S/C17H16Cl3NO2/c1-10-4-3-5-14(19)16(10)21-11(2)17(22)23-9-12-6-7-13(18)8-15(12)20/h3-8,11,21H,9H2,1-2H3/t11-/m0/s1. The van der Waals surface area contributed by atoms with Gasteiger partial charge < -0.3 is 10.1 Å². The summed E-state index contributed by atoms with van der Waals surface area (Å²) in [6, 6.07) is 10.0. The molecular weight excluding hydrogens is 357 g/mol. The number of esters is 1. The first-order valence-electron chi connectivity index (χ1n) is 7.00. The molecule has 0 spiro atoms. The minimum atomic E-state index is -0.542. The molecule has 2 aromatic rings. The molecule has 0 heterocycles. The molecule has 0 radical (unpaired) electrons. The number of benzene rings is 2. The molecule has 0 saturated heterocycles. The van der Waals surface area contributed by atoms with E-state index < -0.39 is 12.0 Å². The van der Waals surface area contributed by atoms with Gasteiger partial charge in [0.25, 0.3) is 0 Å². The lowest BCUT2D eigenvalue weighted by molar-refractivity contribution is -0.145. The van der Waals surface area contributed by atoms with E-state index in [4.69, 9.17) is 39.5 Å². The molecule has 0 unspecified atom stereocenters. The van der Waals surface area contributed by atoms with E-state index in [-0.39, 0.29) is 6.61 Å². The Balaban J connectivity index is 1.97. The molecular formula is C17H16Cl3NO2. The predicted molar refractivity (Wildman–Crippen MR) is 95.5 cm³/mol. The molecule has 122 valence electrons. The summed E-state index contributed by atoms with van der Waals surface area (Å²) in [5.41, 5.74) is 2.38. The van der Waals surface area contributed by atoms with E-state index in [1.165, 1.54) is 0 Å². The molecule has 0 amide bonds. The number of carbonyl (C=O) groups excluding carboxylic acids is 1. The fourth-order valence-corrected chi connectivity index (χ4v) is 2.74. The van der Waals surface area contributed by atoms with E-state index in [1.54, 1.807) is 31.2 Å². The third-order valence-electron chi connectivity index (χ3n) is 3.32. The van der Waals surface area contributed by atoms with Gasteiger partial charge in [-0.1, -0.05) is 53.0 Å². The molecule has 0 saturated carbocycles. The molecule has 1 atom stereocenters. The van der Waals surface area contributed by atoms with Gasteiger partial charge in [0.1, 0.15) is 12.6 Å². The van der Waals surface area contributed by atoms with Crippen LogP contribution in [0.3, 0.4) is 0 Å². The summed E-state index contributed by atoms with van der Waals surface area (Å²) < 4.78 is 5.29. The number of rotatable bonds is 5. The van der Waals surface area contributed by atoms with Gasteiger partial charge in [-0.05, 0) is 37.6 Å². The monoisotopic (exact) mass is 371 g/mol. The molecule has 1 N–H and O–H groups in total. The number of anilines is 1. The van der Waals surface area contributed by atoms with Crippen LogP contribution < -0.4 is 5.32 Å². The first-order chi connectivity index (χ1) is 10.9. The van der Waals surface area contributed by atoms with E-state index in [2.05, 4.69) is 5.32 Å². The van der Waals surface area contributed by atoms with Gasteiger partial charge in [-0.15, -0.1) is 0 Å². The van der Waals surface area contributed by atoms with Crippen molar-refractivity contribution in [3.63, 3.8) is 0 Å². The minimum absolute atomic E-state index is 0.0857. The van der Waals surface area contributed by atoms with Crippen LogP contribution in [0, 0.1) is 6.92 Å². The number of hydrogen-bond donors (Lipinski definition) is 1. The van der Waals surface area contributed by atoms with Crippen LogP contribution in [0.1, 0.15) is 18.1 Å². The molecule has 0 aliphatic carbocycles. The Morgan fingerprint density at radius 2 is 1.91 bits per heavy atom. The van der Waals surface area contributed by atoms with Crippen molar-refractivity contribution >= 4 is 46.5 Å². The van der Waals surface area contributed by atoms with Crippen LogP contribution in [-0.2, 0) is 16.1 Å². The van der Waals surface area contributed by atoms with Crippen molar-refractivity contribution < 1.29 is 9.53 Å². The maximum Gasteiger partial charge on any atom is 0.328 e. The molecule has 0 aliphatic heterocycles. The maximum atomic E-state index is 12.1. The summed E-state index contributed by atoms with van der Waals surface area (Å²) in [5, 5.41) is 4.64. The van der Waals surface area contributed by atoms with Gasteiger partial charge in [0.05, 0.1) is 10.7 Å². The van der Waals surface area contributed by atoms with Gasteiger partial charge in [-0.2, -0.15) is 0 Å². The zero-order valence-corrected chi connectivity index (χ0v) is 15.0. The van der Waals surface area contributed by atoms with E-state index in [9.17, 15) is 4.79 Å². The first-order valence-corrected chi connectivity index (χ1v) is 8.14. The van der Waals surface area contributed by atoms with Gasteiger partial charge in [0, 0.05) is 15.6 Å². The molecule has 2 rings (SSSR count). The van der Waals surface area contributed by atoms with Crippen LogP contribution in [0.5, 0.6) is 0 Å². The SMILES string of the molecule is Cc1cccc(Cl)c1N[C@@H](C)C(=O)OCc1ccc(Cl)cc1Cl. The van der Waals surface area contributed by atoms with Crippen molar-refractivity contribution in [1.82, 2.24) is 0 Å². The lowest BCUT2D eigenvalue weighted by Crippen LogP contribution is -2.28. The average Bonchev–Trinajstić information content (AvgIpc) is 2.49. The number of hydrogen-bond acceptors (Lipinski definition) is 3. The van der Waals surface area contributed by atoms with E-state index in [0.717, 1.165) is 11.3 Å². The van der Waals surface area contributed by atoms with E-state index >= 15 is 0 Å². The maximum absolute atomic E-state index is 12.1. The fourth-order valence-electron chi connectivity index (χ4n) is 2.00. The van der Waals surface area contributed by atoms with Gasteiger partial charge in [-0.25, -0.2) is 4.79 Å². The third kappa shape index (κ3) is 4.77. The Hall–Kier alpha value is -1.42. The molecule has 2 aromatic carbocycles. The molecule has 0 aliphatic rings. The van der Waals surface area contributed by atoms with Crippen LogP contribution in [0.2, 0.25) is 15.1 Å². The van der Waals surface area contributed by atoms with E-state index in [1.807, 2.05) is 19.1 Å². The Bertz CT molecular complexity index is 699. The normalized spacial score (nSPS) is 11.9. The quantitative estimate of drug-likeness (QED) is 0.704.